The van der Waals surface area contributed by atoms with Crippen LogP contribution in [-0.4, -0.2) is 34.2 Å². The number of aromatic nitrogens is 2. The maximum absolute atomic E-state index is 13.1. The van der Waals surface area contributed by atoms with Gasteiger partial charge in [0.2, 0.25) is 11.8 Å². The number of carbonyl (C=O) groups excluding carboxylic acids is 1. The lowest BCUT2D eigenvalue weighted by Crippen LogP contribution is -2.45. The molecule has 1 N–H and O–H groups in total. The van der Waals surface area contributed by atoms with Crippen molar-refractivity contribution in [3.63, 3.8) is 0 Å². The molecule has 0 bridgehead atoms. The molecule has 0 unspecified atom stereocenters. The van der Waals surface area contributed by atoms with Gasteiger partial charge >= 0.3 is 6.03 Å². The van der Waals surface area contributed by atoms with Gasteiger partial charge in [-0.2, -0.15) is 0 Å². The van der Waals surface area contributed by atoms with Crippen LogP contribution in [0.25, 0.3) is 0 Å². The molecule has 1 fully saturated rings. The second kappa shape index (κ2) is 9.11. The molecule has 0 spiro atoms. The lowest BCUT2D eigenvalue weighted by Gasteiger charge is -2.32. The second-order valence-corrected chi connectivity index (χ2v) is 8.10. The van der Waals surface area contributed by atoms with E-state index in [4.69, 9.17) is 4.42 Å². The van der Waals surface area contributed by atoms with Gasteiger partial charge in [-0.3, -0.25) is 0 Å². The molecule has 2 aromatic carbocycles. The number of urea groups is 1. The number of rotatable bonds is 5. The number of nitrogens with zero attached hydrogens (tertiary/aromatic N) is 3. The van der Waals surface area contributed by atoms with Crippen LogP contribution in [0.3, 0.4) is 0 Å². The zero-order valence-electron chi connectivity index (χ0n) is 17.5. The van der Waals surface area contributed by atoms with E-state index in [-0.39, 0.29) is 23.9 Å². The largest absolute Gasteiger partial charge is 0.425 e. The topological polar surface area (TPSA) is 71.3 Å². The van der Waals surface area contributed by atoms with E-state index in [1.165, 1.54) is 0 Å². The first kappa shape index (κ1) is 20.1. The fourth-order valence-corrected chi connectivity index (χ4v) is 3.84. The number of hydrogen-bond acceptors (Lipinski definition) is 4. The summed E-state index contributed by atoms with van der Waals surface area (Å²) in [7, 11) is 0. The molecule has 2 amide bonds. The Morgan fingerprint density at radius 3 is 2.03 bits per heavy atom. The van der Waals surface area contributed by atoms with Crippen molar-refractivity contribution in [3.8, 4) is 0 Å². The Bertz CT molecular complexity index is 908. The van der Waals surface area contributed by atoms with Gasteiger partial charge < -0.3 is 14.6 Å². The fraction of sp³-hybridized carbons (Fsp3) is 0.375. The maximum atomic E-state index is 13.1. The number of nitrogens with one attached hydrogen (secondary N) is 1. The predicted molar refractivity (Wildman–Crippen MR) is 115 cm³/mol. The molecule has 3 aromatic rings. The third-order valence-electron chi connectivity index (χ3n) is 5.62. The van der Waals surface area contributed by atoms with E-state index in [2.05, 4.69) is 15.5 Å². The highest BCUT2D eigenvalue weighted by Gasteiger charge is 2.29. The molecule has 4 rings (SSSR count). The van der Waals surface area contributed by atoms with Crippen molar-refractivity contribution in [1.82, 2.24) is 20.4 Å². The van der Waals surface area contributed by atoms with Crippen molar-refractivity contribution in [1.29, 1.82) is 0 Å². The first-order valence-corrected chi connectivity index (χ1v) is 10.6. The van der Waals surface area contributed by atoms with Crippen LogP contribution < -0.4 is 5.32 Å². The smallest absolute Gasteiger partial charge is 0.318 e. The summed E-state index contributed by atoms with van der Waals surface area (Å²) >= 11 is 0. The first-order valence-electron chi connectivity index (χ1n) is 10.6. The average Bonchev–Trinajstić information content (AvgIpc) is 3.29. The monoisotopic (exact) mass is 404 g/mol. The minimum absolute atomic E-state index is 0.0421. The first-order chi connectivity index (χ1) is 14.6. The van der Waals surface area contributed by atoms with Crippen molar-refractivity contribution < 1.29 is 9.21 Å². The Morgan fingerprint density at radius 2 is 1.53 bits per heavy atom. The minimum Gasteiger partial charge on any atom is -0.425 e. The van der Waals surface area contributed by atoms with Gasteiger partial charge in [-0.05, 0) is 24.0 Å². The lowest BCUT2D eigenvalue weighted by molar-refractivity contribution is 0.174. The molecule has 0 atom stereocenters. The molecule has 6 heteroatoms. The van der Waals surface area contributed by atoms with Crippen LogP contribution in [-0.2, 0) is 0 Å². The summed E-state index contributed by atoms with van der Waals surface area (Å²) in [6.45, 7) is 5.43. The summed E-state index contributed by atoms with van der Waals surface area (Å²) in [4.78, 5) is 14.9. The summed E-state index contributed by atoms with van der Waals surface area (Å²) in [5.74, 6) is 1.82. The second-order valence-electron chi connectivity index (χ2n) is 8.10. The van der Waals surface area contributed by atoms with Crippen LogP contribution in [0.4, 0.5) is 4.79 Å². The zero-order chi connectivity index (χ0) is 20.9. The maximum Gasteiger partial charge on any atom is 0.318 e. The summed E-state index contributed by atoms with van der Waals surface area (Å²) in [6.07, 6.45) is 1.66. The molecule has 0 saturated carbocycles. The van der Waals surface area contributed by atoms with Crippen LogP contribution in [0.5, 0.6) is 0 Å². The predicted octanol–water partition coefficient (Wildman–Crippen LogP) is 4.87. The average molecular weight is 405 g/mol. The van der Waals surface area contributed by atoms with Gasteiger partial charge in [-0.1, -0.05) is 74.5 Å². The molecule has 1 saturated heterocycles. The summed E-state index contributed by atoms with van der Waals surface area (Å²) in [6, 6.07) is 19.9. The Labute approximate surface area is 177 Å². The van der Waals surface area contributed by atoms with Crippen molar-refractivity contribution in [2.24, 2.45) is 0 Å². The lowest BCUT2D eigenvalue weighted by atomic mass is 9.96. The number of likely N-dealkylation sites (tertiary alicyclic amines) is 1. The summed E-state index contributed by atoms with van der Waals surface area (Å²) in [5, 5.41) is 11.6. The minimum atomic E-state index is -0.179. The van der Waals surface area contributed by atoms with E-state index >= 15 is 0 Å². The van der Waals surface area contributed by atoms with E-state index < -0.39 is 0 Å². The zero-order valence-corrected chi connectivity index (χ0v) is 17.5. The standard InChI is InChI=1S/C24H28N4O2/c1-17(2)22-26-27-23(30-22)20-13-15-28(16-14-20)24(29)25-21(18-9-5-3-6-10-18)19-11-7-4-8-12-19/h3-12,17,20-21H,13-16H2,1-2H3,(H,25,29). The fourth-order valence-electron chi connectivity index (χ4n) is 3.84. The third kappa shape index (κ3) is 4.53. The molecule has 6 nitrogen and oxygen atoms in total. The number of amides is 2. The molecule has 156 valence electrons. The van der Waals surface area contributed by atoms with Gasteiger partial charge in [-0.15, -0.1) is 10.2 Å². The van der Waals surface area contributed by atoms with Crippen LogP contribution in [0.2, 0.25) is 0 Å². The highest BCUT2D eigenvalue weighted by molar-refractivity contribution is 5.75. The molecule has 1 aliphatic rings. The van der Waals surface area contributed by atoms with E-state index in [9.17, 15) is 4.79 Å². The van der Waals surface area contributed by atoms with Crippen molar-refractivity contribution in [2.45, 2.75) is 44.6 Å². The molecule has 1 aromatic heterocycles. The Balaban J connectivity index is 1.41. The van der Waals surface area contributed by atoms with Crippen LogP contribution in [0, 0.1) is 0 Å². The SMILES string of the molecule is CC(C)c1nnc(C2CCN(C(=O)NC(c3ccccc3)c3ccccc3)CC2)o1. The third-order valence-corrected chi connectivity index (χ3v) is 5.62. The molecule has 0 aliphatic carbocycles. The van der Waals surface area contributed by atoms with Crippen molar-refractivity contribution >= 4 is 6.03 Å². The van der Waals surface area contributed by atoms with Gasteiger partial charge in [0.15, 0.2) is 0 Å². The van der Waals surface area contributed by atoms with Gasteiger partial charge in [-0.25, -0.2) is 4.79 Å². The van der Waals surface area contributed by atoms with E-state index in [1.54, 1.807) is 0 Å². The van der Waals surface area contributed by atoms with Crippen molar-refractivity contribution in [2.75, 3.05) is 13.1 Å². The van der Waals surface area contributed by atoms with Gasteiger partial charge in [0, 0.05) is 24.9 Å². The molecular formula is C24H28N4O2. The number of benzene rings is 2. The molecular weight excluding hydrogens is 376 g/mol. The van der Waals surface area contributed by atoms with Crippen LogP contribution in [0.15, 0.2) is 65.1 Å². The summed E-state index contributed by atoms with van der Waals surface area (Å²) in [5.41, 5.74) is 2.14. The van der Waals surface area contributed by atoms with Gasteiger partial charge in [0.05, 0.1) is 6.04 Å². The summed E-state index contributed by atoms with van der Waals surface area (Å²) < 4.78 is 5.82. The van der Waals surface area contributed by atoms with E-state index in [1.807, 2.05) is 79.4 Å². The molecule has 2 heterocycles. The van der Waals surface area contributed by atoms with Crippen molar-refractivity contribution in [3.05, 3.63) is 83.6 Å². The number of hydrogen-bond donors (Lipinski definition) is 1. The van der Waals surface area contributed by atoms with E-state index in [0.29, 0.717) is 24.9 Å². The molecule has 1 aliphatic heterocycles. The van der Waals surface area contributed by atoms with Crippen LogP contribution in [0.1, 0.15) is 67.5 Å². The number of piperidine rings is 1. The quantitative estimate of drug-likeness (QED) is 0.658. The molecule has 30 heavy (non-hydrogen) atoms. The number of carbonyl (C=O) groups is 1. The highest BCUT2D eigenvalue weighted by atomic mass is 16.4. The Hall–Kier alpha value is -3.15. The Kier molecular flexibility index (Phi) is 6.12. The van der Waals surface area contributed by atoms with E-state index in [0.717, 1.165) is 24.0 Å². The van der Waals surface area contributed by atoms with Gasteiger partial charge in [0.25, 0.3) is 0 Å². The van der Waals surface area contributed by atoms with Gasteiger partial charge in [0.1, 0.15) is 0 Å². The highest BCUT2D eigenvalue weighted by Crippen LogP contribution is 2.29. The molecule has 0 radical (unpaired) electrons. The van der Waals surface area contributed by atoms with Crippen LogP contribution >= 0.6 is 0 Å². The Morgan fingerprint density at radius 1 is 0.967 bits per heavy atom. The normalized spacial score (nSPS) is 15.0.